The van der Waals surface area contributed by atoms with Crippen molar-refractivity contribution in [3.8, 4) is 17.2 Å². The monoisotopic (exact) mass is 348 g/mol. The van der Waals surface area contributed by atoms with Crippen molar-refractivity contribution in [1.29, 1.82) is 0 Å². The summed E-state index contributed by atoms with van der Waals surface area (Å²) >= 11 is 0. The molecule has 136 valence electrons. The number of hydrogen-bond donors (Lipinski definition) is 2. The zero-order chi connectivity index (χ0) is 18.1. The molecule has 0 aliphatic heterocycles. The third-order valence-electron chi connectivity index (χ3n) is 3.74. The molecule has 0 aliphatic carbocycles. The van der Waals surface area contributed by atoms with Crippen molar-refractivity contribution in [3.63, 3.8) is 0 Å². The number of methoxy groups -OCH3 is 3. The second kappa shape index (κ2) is 9.51. The van der Waals surface area contributed by atoms with Crippen molar-refractivity contribution in [2.24, 2.45) is 0 Å². The van der Waals surface area contributed by atoms with E-state index in [4.69, 9.17) is 14.2 Å². The molecule has 0 unspecified atom stereocenters. The topological polar surface area (TPSA) is 98.4 Å². The lowest BCUT2D eigenvalue weighted by atomic mass is 10.1. The Bertz CT molecular complexity index is 648. The van der Waals surface area contributed by atoms with E-state index >= 15 is 0 Å². The highest BCUT2D eigenvalue weighted by Crippen LogP contribution is 2.38. The van der Waals surface area contributed by atoms with Gasteiger partial charge in [0.05, 0.1) is 21.3 Å². The molecule has 0 aliphatic rings. The van der Waals surface area contributed by atoms with Crippen LogP contribution in [0.2, 0.25) is 0 Å². The summed E-state index contributed by atoms with van der Waals surface area (Å²) in [4.78, 5) is 16.0. The van der Waals surface area contributed by atoms with Gasteiger partial charge in [0, 0.05) is 19.4 Å². The minimum atomic E-state index is 0.00585. The van der Waals surface area contributed by atoms with Crippen molar-refractivity contribution in [2.75, 3.05) is 27.9 Å². The maximum Gasteiger partial charge on any atom is 0.220 e. The van der Waals surface area contributed by atoms with E-state index in [1.807, 2.05) is 12.1 Å². The predicted octanol–water partition coefficient (Wildman–Crippen LogP) is 1.51. The van der Waals surface area contributed by atoms with Crippen LogP contribution in [0.3, 0.4) is 0 Å². The summed E-state index contributed by atoms with van der Waals surface area (Å²) in [6, 6.07) is 3.72. The Morgan fingerprint density at radius 1 is 1.12 bits per heavy atom. The first-order valence-corrected chi connectivity index (χ1v) is 8.07. The predicted molar refractivity (Wildman–Crippen MR) is 92.1 cm³/mol. The molecule has 25 heavy (non-hydrogen) atoms. The molecule has 1 heterocycles. The minimum Gasteiger partial charge on any atom is -0.493 e. The van der Waals surface area contributed by atoms with E-state index in [1.165, 1.54) is 6.33 Å². The molecule has 0 saturated heterocycles. The van der Waals surface area contributed by atoms with Gasteiger partial charge in [0.1, 0.15) is 12.2 Å². The molecule has 2 N–H and O–H groups in total. The molecule has 0 radical (unpaired) electrons. The molecule has 1 aromatic carbocycles. The van der Waals surface area contributed by atoms with Crippen LogP contribution in [-0.2, 0) is 17.6 Å². The van der Waals surface area contributed by atoms with E-state index in [-0.39, 0.29) is 5.91 Å². The van der Waals surface area contributed by atoms with Gasteiger partial charge in [-0.25, -0.2) is 4.98 Å². The summed E-state index contributed by atoms with van der Waals surface area (Å²) in [5.74, 6) is 2.55. The van der Waals surface area contributed by atoms with E-state index in [1.54, 1.807) is 21.3 Å². The Morgan fingerprint density at radius 3 is 2.40 bits per heavy atom. The highest BCUT2D eigenvalue weighted by Gasteiger charge is 2.13. The second-order valence-corrected chi connectivity index (χ2v) is 5.42. The van der Waals surface area contributed by atoms with Gasteiger partial charge in [-0.3, -0.25) is 9.89 Å². The first-order chi connectivity index (χ1) is 12.2. The summed E-state index contributed by atoms with van der Waals surface area (Å²) in [5.41, 5.74) is 0.950. The van der Waals surface area contributed by atoms with Crippen LogP contribution >= 0.6 is 0 Å². The lowest BCUT2D eigenvalue weighted by Gasteiger charge is -2.14. The quantitative estimate of drug-likeness (QED) is 0.632. The second-order valence-electron chi connectivity index (χ2n) is 5.42. The Morgan fingerprint density at radius 2 is 1.84 bits per heavy atom. The Labute approximate surface area is 146 Å². The number of nitrogens with one attached hydrogen (secondary N) is 2. The van der Waals surface area contributed by atoms with Crippen LogP contribution in [0.15, 0.2) is 18.5 Å². The van der Waals surface area contributed by atoms with Gasteiger partial charge in [-0.05, 0) is 30.5 Å². The van der Waals surface area contributed by atoms with Gasteiger partial charge in [0.25, 0.3) is 0 Å². The maximum absolute atomic E-state index is 12.0. The Kier molecular flexibility index (Phi) is 7.06. The van der Waals surface area contributed by atoms with Gasteiger partial charge in [-0.15, -0.1) is 0 Å². The van der Waals surface area contributed by atoms with Crippen molar-refractivity contribution in [1.82, 2.24) is 20.5 Å². The highest BCUT2D eigenvalue weighted by atomic mass is 16.5. The molecule has 1 aromatic heterocycles. The van der Waals surface area contributed by atoms with Crippen molar-refractivity contribution >= 4 is 5.91 Å². The van der Waals surface area contributed by atoms with Gasteiger partial charge >= 0.3 is 0 Å². The number of benzene rings is 1. The summed E-state index contributed by atoms with van der Waals surface area (Å²) in [6.45, 7) is 0.606. The van der Waals surface area contributed by atoms with Gasteiger partial charge in [-0.1, -0.05) is 0 Å². The number of hydrogen-bond acceptors (Lipinski definition) is 6. The van der Waals surface area contributed by atoms with E-state index in [0.29, 0.717) is 36.6 Å². The Balaban J connectivity index is 1.80. The first-order valence-electron chi connectivity index (χ1n) is 8.07. The minimum absolute atomic E-state index is 0.00585. The van der Waals surface area contributed by atoms with Gasteiger partial charge in [-0.2, -0.15) is 5.10 Å². The highest BCUT2D eigenvalue weighted by molar-refractivity contribution is 5.76. The number of amides is 1. The van der Waals surface area contributed by atoms with Crippen LogP contribution in [0.4, 0.5) is 0 Å². The molecular weight excluding hydrogens is 324 g/mol. The third kappa shape index (κ3) is 5.37. The van der Waals surface area contributed by atoms with Crippen molar-refractivity contribution in [2.45, 2.75) is 25.7 Å². The molecule has 2 rings (SSSR count). The average Bonchev–Trinajstić information content (AvgIpc) is 3.15. The molecule has 2 aromatic rings. The van der Waals surface area contributed by atoms with E-state index in [2.05, 4.69) is 20.5 Å². The van der Waals surface area contributed by atoms with Crippen LogP contribution < -0.4 is 19.5 Å². The van der Waals surface area contributed by atoms with Crippen molar-refractivity contribution < 1.29 is 19.0 Å². The molecule has 1 amide bonds. The number of carbonyl (C=O) groups excluding carboxylic acids is 1. The van der Waals surface area contributed by atoms with E-state index < -0.39 is 0 Å². The maximum atomic E-state index is 12.0. The lowest BCUT2D eigenvalue weighted by Crippen LogP contribution is -2.25. The molecule has 0 fully saturated rings. The SMILES string of the molecule is COc1cc(CCC(=O)NCCCc2ncn[nH]2)cc(OC)c1OC. The smallest absolute Gasteiger partial charge is 0.220 e. The van der Waals surface area contributed by atoms with Gasteiger partial charge in [0.15, 0.2) is 11.5 Å². The summed E-state index contributed by atoms with van der Waals surface area (Å²) in [7, 11) is 4.71. The zero-order valence-electron chi connectivity index (χ0n) is 14.8. The zero-order valence-corrected chi connectivity index (χ0v) is 14.8. The standard InChI is InChI=1S/C17H24N4O4/c1-23-13-9-12(10-14(24-2)17(13)25-3)6-7-16(22)18-8-4-5-15-19-11-20-21-15/h9-11H,4-8H2,1-3H3,(H,18,22)(H,19,20,21). The van der Waals surface area contributed by atoms with Crippen molar-refractivity contribution in [3.05, 3.63) is 29.8 Å². The van der Waals surface area contributed by atoms with E-state index in [0.717, 1.165) is 24.2 Å². The number of ether oxygens (including phenoxy) is 3. The molecule has 8 heteroatoms. The normalized spacial score (nSPS) is 10.4. The molecule has 0 saturated carbocycles. The number of nitrogens with zero attached hydrogens (tertiary/aromatic N) is 2. The Hall–Kier alpha value is -2.77. The lowest BCUT2D eigenvalue weighted by molar-refractivity contribution is -0.121. The van der Waals surface area contributed by atoms with Crippen LogP contribution in [0.25, 0.3) is 0 Å². The number of aryl methyl sites for hydroxylation is 2. The average molecular weight is 348 g/mol. The molecule has 0 spiro atoms. The number of aromatic amines is 1. The van der Waals surface area contributed by atoms with Crippen LogP contribution in [-0.4, -0.2) is 49.0 Å². The fourth-order valence-corrected chi connectivity index (χ4v) is 2.46. The largest absolute Gasteiger partial charge is 0.493 e. The third-order valence-corrected chi connectivity index (χ3v) is 3.74. The van der Waals surface area contributed by atoms with E-state index in [9.17, 15) is 4.79 Å². The fraction of sp³-hybridized carbons (Fsp3) is 0.471. The van der Waals surface area contributed by atoms with Gasteiger partial charge < -0.3 is 19.5 Å². The summed E-state index contributed by atoms with van der Waals surface area (Å²) < 4.78 is 15.9. The molecule has 0 bridgehead atoms. The van der Waals surface area contributed by atoms with Crippen LogP contribution in [0, 0.1) is 0 Å². The number of carbonyl (C=O) groups is 1. The van der Waals surface area contributed by atoms with Gasteiger partial charge in [0.2, 0.25) is 11.7 Å². The first kappa shape index (κ1) is 18.6. The molecular formula is C17H24N4O4. The fourth-order valence-electron chi connectivity index (χ4n) is 2.46. The number of H-pyrrole nitrogens is 1. The van der Waals surface area contributed by atoms with Crippen LogP contribution in [0.5, 0.6) is 17.2 Å². The summed E-state index contributed by atoms with van der Waals surface area (Å²) in [5, 5.41) is 9.49. The number of rotatable bonds is 10. The van der Waals surface area contributed by atoms with Crippen LogP contribution in [0.1, 0.15) is 24.2 Å². The summed E-state index contributed by atoms with van der Waals surface area (Å²) in [6.07, 6.45) is 4.02. The molecule has 8 nitrogen and oxygen atoms in total. The molecule has 0 atom stereocenters. The number of aromatic nitrogens is 3.